The first kappa shape index (κ1) is 85.7. The minimum absolute atomic E-state index is 0.110. The highest BCUT2D eigenvalue weighted by molar-refractivity contribution is 8.14. The number of ketones is 1. The summed E-state index contributed by atoms with van der Waals surface area (Å²) in [4.78, 5) is 37.5. The summed E-state index contributed by atoms with van der Waals surface area (Å²) >= 11 is 2.82. The van der Waals surface area contributed by atoms with Crippen molar-refractivity contribution in [3.8, 4) is 0 Å². The first-order chi connectivity index (χ1) is 50.8. The number of fused-ring (bicyclic) bond motifs is 3. The van der Waals surface area contributed by atoms with E-state index in [2.05, 4.69) is 130 Å². The summed E-state index contributed by atoms with van der Waals surface area (Å²) in [7, 11) is 0. The van der Waals surface area contributed by atoms with E-state index in [4.69, 9.17) is 0 Å². The molecule has 0 heterocycles. The van der Waals surface area contributed by atoms with Crippen LogP contribution in [0.5, 0.6) is 0 Å². The number of hydrogen-bond donors (Lipinski definition) is 9. The molecule has 21 atom stereocenters. The summed E-state index contributed by atoms with van der Waals surface area (Å²) in [5.41, 5.74) is 8.56. The van der Waals surface area contributed by atoms with Crippen LogP contribution in [0.25, 0.3) is 0 Å². The summed E-state index contributed by atoms with van der Waals surface area (Å²) in [6.45, 7) is 31.6. The zero-order valence-electron chi connectivity index (χ0n) is 66.8. The van der Waals surface area contributed by atoms with Gasteiger partial charge in [-0.3, -0.25) is 14.4 Å². The SMILES string of the molecule is C=C1[C@H](O)CC(=C/C=C2\CCC[C@]3(C)[C@@H]([C@@H](C)/C=C/[C@@H](O)C4(C(=O)SCCCC)CC4)CC[C@@H]23)C[C@H]1O.C=C1[C@H](O)CC(=C/C=C2\CCC[C@]3(C)[C@@H]([C@@H](C)/C=C/[C@H](O)C4(C(C)=O)CC4)CC[C@@H]23)C[C@H]1O.C=C1[C@H](O)CC(=C/C=C2\CCC[C@]3(C)[C@@H]([C@H](C)/C=C/[C@H](O)C4(C(=O)SCCCC)CC4)CC[C@@H]23)C[C@H]1O. The Morgan fingerprint density at radius 1 is 0.411 bits per heavy atom. The van der Waals surface area contributed by atoms with E-state index in [0.717, 1.165) is 112 Å². The van der Waals surface area contributed by atoms with Crippen LogP contribution in [0.4, 0.5) is 0 Å². The molecule has 12 aliphatic rings. The van der Waals surface area contributed by atoms with Crippen LogP contribution in [0.2, 0.25) is 0 Å². The van der Waals surface area contributed by atoms with Gasteiger partial charge < -0.3 is 46.0 Å². The van der Waals surface area contributed by atoms with Gasteiger partial charge in [0.1, 0.15) is 5.78 Å². The summed E-state index contributed by atoms with van der Waals surface area (Å²) in [5.74, 6) is 6.27. The molecule has 0 aliphatic heterocycles. The number of thioether (sulfide) groups is 2. The molecule has 107 heavy (non-hydrogen) atoms. The average molecular weight is 1510 g/mol. The van der Waals surface area contributed by atoms with Crippen LogP contribution < -0.4 is 0 Å². The quantitative estimate of drug-likeness (QED) is 0.0323. The predicted octanol–water partition coefficient (Wildman–Crippen LogP) is 18.1. The smallest absolute Gasteiger partial charge is 0.198 e. The first-order valence-corrected chi connectivity index (χ1v) is 44.0. The van der Waals surface area contributed by atoms with Crippen molar-refractivity contribution in [1.29, 1.82) is 0 Å². The number of aliphatic hydroxyl groups is 9. The summed E-state index contributed by atoms with van der Waals surface area (Å²) in [5, 5.41) is 94.0. The van der Waals surface area contributed by atoms with E-state index in [9.17, 15) is 60.3 Å². The minimum atomic E-state index is -0.674. The van der Waals surface area contributed by atoms with E-state index < -0.39 is 71.2 Å². The Morgan fingerprint density at radius 2 is 0.673 bits per heavy atom. The van der Waals surface area contributed by atoms with Gasteiger partial charge in [0, 0.05) is 11.5 Å². The number of hydrogen-bond acceptors (Lipinski definition) is 14. The lowest BCUT2D eigenvalue weighted by Crippen LogP contribution is -2.35. The lowest BCUT2D eigenvalue weighted by molar-refractivity contribution is -0.125. The molecular formula is C93H138O12S2. The molecule has 0 aromatic heterocycles. The van der Waals surface area contributed by atoms with Crippen LogP contribution in [-0.2, 0) is 14.4 Å². The topological polar surface area (TPSA) is 233 Å². The normalized spacial score (nSPS) is 36.9. The van der Waals surface area contributed by atoms with Crippen molar-refractivity contribution in [3.63, 3.8) is 0 Å². The number of aliphatic hydroxyl groups excluding tert-OH is 9. The zero-order chi connectivity index (χ0) is 77.6. The standard InChI is InChI=1S/2C32H48O4S.C29H42O4/c2*1-5-6-18-37-30(36)32(16-17-32)29(35)14-9-21(2)25-12-13-26-24(8-7-15-31(25,26)4)11-10-23-19-27(33)22(3)28(34)20-23;1-18(7-12-27(33)29(14-15-29)20(3)30)23-10-11-24-22(6-5-13-28(23,24)4)9-8-21-16-25(31)19(2)26(32)17-21/h2*9-11,14,21,25-29,33-35H,3,5-8,12-13,15-20H2,1-2,4H3;7-9,12,18,23-27,31-33H,2,5-6,10-11,13-17H2,1,3-4H3/b2*14-9+,24-11+;12-7+,22-9+/t21-,25+,26-,27+,28+,29+,31+;21-,25-,26+,27-,28-,29+,31-;18-,23+,24-,25+,26+,27-,28+/m010/s1. The van der Waals surface area contributed by atoms with Gasteiger partial charge in [-0.2, -0.15) is 0 Å². The van der Waals surface area contributed by atoms with Crippen LogP contribution in [0, 0.1) is 85.8 Å². The third kappa shape index (κ3) is 19.2. The Morgan fingerprint density at radius 3 is 0.916 bits per heavy atom. The van der Waals surface area contributed by atoms with Crippen molar-refractivity contribution in [2.24, 2.45) is 85.8 Å². The highest BCUT2D eigenvalue weighted by Crippen LogP contribution is 2.64. The van der Waals surface area contributed by atoms with Crippen molar-refractivity contribution in [3.05, 3.63) is 143 Å². The van der Waals surface area contributed by atoms with Crippen molar-refractivity contribution in [2.75, 3.05) is 11.5 Å². The van der Waals surface area contributed by atoms with Gasteiger partial charge in [0.15, 0.2) is 10.2 Å². The molecule has 0 unspecified atom stereocenters. The predicted molar refractivity (Wildman–Crippen MR) is 438 cm³/mol. The maximum atomic E-state index is 12.8. The van der Waals surface area contributed by atoms with Gasteiger partial charge in [-0.1, -0.05) is 218 Å². The van der Waals surface area contributed by atoms with Crippen LogP contribution in [-0.4, -0.2) is 128 Å². The Kier molecular flexibility index (Phi) is 29.3. The first-order valence-electron chi connectivity index (χ1n) is 42.1. The molecule has 14 heteroatoms. The van der Waals surface area contributed by atoms with E-state index in [-0.39, 0.29) is 32.3 Å². The summed E-state index contributed by atoms with van der Waals surface area (Å²) in [6.07, 6.45) is 50.0. The largest absolute Gasteiger partial charge is 0.388 e. The van der Waals surface area contributed by atoms with Gasteiger partial charge in [-0.25, -0.2) is 0 Å². The fourth-order valence-electron chi connectivity index (χ4n) is 21.9. The van der Waals surface area contributed by atoms with Gasteiger partial charge >= 0.3 is 0 Å². The van der Waals surface area contributed by atoms with E-state index in [1.165, 1.54) is 117 Å². The number of carbonyl (C=O) groups excluding carboxylic acids is 3. The fraction of sp³-hybridized carbons (Fsp3) is 0.710. The maximum Gasteiger partial charge on any atom is 0.198 e. The second-order valence-corrected chi connectivity index (χ2v) is 38.7. The molecular weight excluding hydrogens is 1370 g/mol. The Balaban J connectivity index is 0.000000172. The molecule has 9 N–H and O–H groups in total. The molecule has 0 aromatic rings. The van der Waals surface area contributed by atoms with E-state index in [1.807, 2.05) is 18.2 Å². The lowest BCUT2D eigenvalue weighted by Gasteiger charge is -2.44. The van der Waals surface area contributed by atoms with Crippen LogP contribution in [0.3, 0.4) is 0 Å². The fourth-order valence-corrected chi connectivity index (χ4v) is 24.4. The highest BCUT2D eigenvalue weighted by atomic mass is 32.2. The lowest BCUT2D eigenvalue weighted by atomic mass is 9.61. The number of allylic oxidation sites excluding steroid dienone is 12. The third-order valence-corrected chi connectivity index (χ3v) is 32.1. The van der Waals surface area contributed by atoms with E-state index in [0.29, 0.717) is 109 Å². The number of unbranched alkanes of at least 4 members (excludes halogenated alkanes) is 2. The molecule has 0 saturated heterocycles. The molecule has 12 nitrogen and oxygen atoms in total. The summed E-state index contributed by atoms with van der Waals surface area (Å²) < 4.78 is 0. The Hall–Kier alpha value is -3.77. The van der Waals surface area contributed by atoms with Gasteiger partial charge in [0.2, 0.25) is 0 Å². The Labute approximate surface area is 652 Å². The van der Waals surface area contributed by atoms with Crippen LogP contribution in [0.1, 0.15) is 261 Å². The molecule has 0 bridgehead atoms. The molecule has 0 amide bonds. The Bertz CT molecular complexity index is 3280. The van der Waals surface area contributed by atoms with Crippen LogP contribution in [0.15, 0.2) is 143 Å². The highest BCUT2D eigenvalue weighted by Gasteiger charge is 2.58. The van der Waals surface area contributed by atoms with Gasteiger partial charge in [0.25, 0.3) is 0 Å². The number of carbonyl (C=O) groups is 3. The van der Waals surface area contributed by atoms with Gasteiger partial charge in [-0.05, 0) is 279 Å². The third-order valence-electron chi connectivity index (χ3n) is 29.8. The van der Waals surface area contributed by atoms with Crippen molar-refractivity contribution < 1.29 is 60.3 Å². The number of rotatable bonds is 24. The van der Waals surface area contributed by atoms with Gasteiger partial charge in [0.05, 0.1) is 71.2 Å². The monoisotopic (exact) mass is 1510 g/mol. The van der Waals surface area contributed by atoms with Crippen LogP contribution >= 0.6 is 23.5 Å². The van der Waals surface area contributed by atoms with Gasteiger partial charge in [-0.15, -0.1) is 0 Å². The molecule has 12 aliphatic carbocycles. The molecule has 12 fully saturated rings. The minimum Gasteiger partial charge on any atom is -0.388 e. The second-order valence-electron chi connectivity index (χ2n) is 36.6. The summed E-state index contributed by atoms with van der Waals surface area (Å²) in [6, 6.07) is 0. The molecule has 0 aromatic carbocycles. The maximum absolute atomic E-state index is 12.8. The molecule has 0 radical (unpaired) electrons. The zero-order valence-corrected chi connectivity index (χ0v) is 68.5. The van der Waals surface area contributed by atoms with Crippen molar-refractivity contribution >= 4 is 39.5 Å². The molecule has 12 rings (SSSR count). The van der Waals surface area contributed by atoms with E-state index >= 15 is 0 Å². The molecule has 594 valence electrons. The van der Waals surface area contributed by atoms with E-state index in [1.54, 1.807) is 6.92 Å². The average Bonchev–Trinajstić information content (AvgIpc) is 1.69. The van der Waals surface area contributed by atoms with Crippen molar-refractivity contribution in [2.45, 2.75) is 316 Å². The molecule has 12 saturated carbocycles. The second kappa shape index (κ2) is 36.6. The number of Topliss-reactive ketones (excluding diaryl/α,β-unsaturated/α-hetero) is 1. The van der Waals surface area contributed by atoms with Crippen molar-refractivity contribution in [1.82, 2.24) is 0 Å². The molecule has 0 spiro atoms.